The van der Waals surface area contributed by atoms with Gasteiger partial charge in [0, 0.05) is 18.5 Å². The zero-order chi connectivity index (χ0) is 17.5. The Morgan fingerprint density at radius 2 is 2.12 bits per heavy atom. The molecule has 6 heteroatoms. The van der Waals surface area contributed by atoms with Crippen molar-refractivity contribution < 1.29 is 9.15 Å². The van der Waals surface area contributed by atoms with Gasteiger partial charge in [0.15, 0.2) is 0 Å². The number of hydrogen-bond donors (Lipinski definition) is 0. The second kappa shape index (κ2) is 6.24. The van der Waals surface area contributed by atoms with Gasteiger partial charge in [0.2, 0.25) is 11.8 Å². The highest BCUT2D eigenvalue weighted by Gasteiger charge is 2.33. The molecule has 1 atom stereocenters. The van der Waals surface area contributed by atoms with Crippen LogP contribution in [0.5, 0.6) is 5.88 Å². The third-order valence-corrected chi connectivity index (χ3v) is 4.74. The van der Waals surface area contributed by atoms with Gasteiger partial charge in [-0.25, -0.2) is 9.67 Å². The summed E-state index contributed by atoms with van der Waals surface area (Å²) in [5.74, 6) is 2.57. The van der Waals surface area contributed by atoms with Gasteiger partial charge in [0.1, 0.15) is 5.76 Å². The minimum absolute atomic E-state index is 0.0151. The lowest BCUT2D eigenvalue weighted by atomic mass is 9.94. The van der Waals surface area contributed by atoms with Gasteiger partial charge in [0.25, 0.3) is 0 Å². The third-order valence-electron chi connectivity index (χ3n) is 4.74. The van der Waals surface area contributed by atoms with Gasteiger partial charge in [-0.2, -0.15) is 5.10 Å². The predicted octanol–water partition coefficient (Wildman–Crippen LogP) is 3.36. The van der Waals surface area contributed by atoms with Crippen LogP contribution in [0.15, 0.2) is 10.6 Å². The lowest BCUT2D eigenvalue weighted by molar-refractivity contribution is 0.213. The maximum atomic E-state index is 5.98. The van der Waals surface area contributed by atoms with Crippen molar-refractivity contribution in [3.63, 3.8) is 0 Å². The summed E-state index contributed by atoms with van der Waals surface area (Å²) in [7, 11) is 3.64. The number of ether oxygens (including phenoxy) is 1. The second-order valence-electron chi connectivity index (χ2n) is 7.63. The molecular formula is C18H28N4O2. The Hall–Kier alpha value is -1.82. The molecule has 1 saturated heterocycles. The molecule has 0 amide bonds. The van der Waals surface area contributed by atoms with E-state index in [0.717, 1.165) is 49.2 Å². The molecule has 2 aromatic rings. The van der Waals surface area contributed by atoms with Crippen molar-refractivity contribution in [1.82, 2.24) is 19.7 Å². The SMILES string of the molecule is COc1c(C2CCCN2Cc2ncc(C(C)(C)C)o2)c(C)nn1C. The molecule has 1 aliphatic heterocycles. The zero-order valence-electron chi connectivity index (χ0n) is 15.6. The molecule has 2 aromatic heterocycles. The lowest BCUT2D eigenvalue weighted by Gasteiger charge is -2.23. The van der Waals surface area contributed by atoms with Crippen LogP contribution in [-0.4, -0.2) is 33.3 Å². The molecule has 3 rings (SSSR count). The van der Waals surface area contributed by atoms with Crippen molar-refractivity contribution in [2.24, 2.45) is 7.05 Å². The highest BCUT2D eigenvalue weighted by atomic mass is 16.5. The Morgan fingerprint density at radius 3 is 2.75 bits per heavy atom. The lowest BCUT2D eigenvalue weighted by Crippen LogP contribution is -2.23. The van der Waals surface area contributed by atoms with E-state index in [1.54, 1.807) is 7.11 Å². The molecule has 1 fully saturated rings. The first-order valence-corrected chi connectivity index (χ1v) is 8.58. The van der Waals surface area contributed by atoms with Crippen LogP contribution in [0.1, 0.15) is 62.6 Å². The zero-order valence-corrected chi connectivity index (χ0v) is 15.6. The van der Waals surface area contributed by atoms with E-state index in [4.69, 9.17) is 9.15 Å². The monoisotopic (exact) mass is 332 g/mol. The van der Waals surface area contributed by atoms with Gasteiger partial charge in [-0.05, 0) is 26.3 Å². The van der Waals surface area contributed by atoms with Gasteiger partial charge in [-0.1, -0.05) is 20.8 Å². The third kappa shape index (κ3) is 3.07. The Bertz CT molecular complexity index is 711. The molecule has 0 saturated carbocycles. The number of hydrogen-bond acceptors (Lipinski definition) is 5. The van der Waals surface area contributed by atoms with E-state index < -0.39 is 0 Å². The average molecular weight is 332 g/mol. The first-order chi connectivity index (χ1) is 11.3. The maximum absolute atomic E-state index is 5.98. The number of aromatic nitrogens is 3. The van der Waals surface area contributed by atoms with E-state index in [1.165, 1.54) is 5.56 Å². The largest absolute Gasteiger partial charge is 0.481 e. The van der Waals surface area contributed by atoms with E-state index in [0.29, 0.717) is 6.04 Å². The summed E-state index contributed by atoms with van der Waals surface area (Å²) < 4.78 is 13.4. The van der Waals surface area contributed by atoms with E-state index in [2.05, 4.69) is 42.7 Å². The number of methoxy groups -OCH3 is 1. The van der Waals surface area contributed by atoms with Crippen molar-refractivity contribution >= 4 is 0 Å². The summed E-state index contributed by atoms with van der Waals surface area (Å²) >= 11 is 0. The number of likely N-dealkylation sites (tertiary alicyclic amines) is 1. The van der Waals surface area contributed by atoms with Crippen LogP contribution < -0.4 is 4.74 Å². The van der Waals surface area contributed by atoms with Crippen LogP contribution in [-0.2, 0) is 19.0 Å². The normalized spacial score (nSPS) is 19.2. The van der Waals surface area contributed by atoms with Crippen LogP contribution in [0.25, 0.3) is 0 Å². The Morgan fingerprint density at radius 1 is 1.38 bits per heavy atom. The summed E-state index contributed by atoms with van der Waals surface area (Å²) in [6.45, 7) is 10.2. The van der Waals surface area contributed by atoms with Gasteiger partial charge >= 0.3 is 0 Å². The van der Waals surface area contributed by atoms with E-state index in [1.807, 2.05) is 17.9 Å². The highest BCUT2D eigenvalue weighted by Crippen LogP contribution is 2.39. The predicted molar refractivity (Wildman–Crippen MR) is 92.1 cm³/mol. The van der Waals surface area contributed by atoms with Gasteiger partial charge in [0.05, 0.1) is 31.1 Å². The molecule has 0 N–H and O–H groups in total. The quantitative estimate of drug-likeness (QED) is 0.859. The number of rotatable bonds is 4. The van der Waals surface area contributed by atoms with Gasteiger partial charge in [-0.15, -0.1) is 0 Å². The molecule has 24 heavy (non-hydrogen) atoms. The summed E-state index contributed by atoms with van der Waals surface area (Å²) in [5, 5.41) is 4.53. The summed E-state index contributed by atoms with van der Waals surface area (Å²) in [5.41, 5.74) is 2.22. The van der Waals surface area contributed by atoms with Crippen molar-refractivity contribution in [2.45, 2.75) is 58.5 Å². The van der Waals surface area contributed by atoms with Crippen LogP contribution in [0.3, 0.4) is 0 Å². The molecule has 0 aromatic carbocycles. The number of aryl methyl sites for hydroxylation is 2. The van der Waals surface area contributed by atoms with E-state index >= 15 is 0 Å². The fraction of sp³-hybridized carbons (Fsp3) is 0.667. The van der Waals surface area contributed by atoms with E-state index in [-0.39, 0.29) is 5.41 Å². The second-order valence-corrected chi connectivity index (χ2v) is 7.63. The van der Waals surface area contributed by atoms with Crippen molar-refractivity contribution in [3.8, 4) is 5.88 Å². The van der Waals surface area contributed by atoms with Crippen LogP contribution in [0, 0.1) is 6.92 Å². The topological polar surface area (TPSA) is 56.3 Å². The molecule has 132 valence electrons. The molecule has 0 aliphatic carbocycles. The standard InChI is InChI=1S/C18H28N4O2/c1-12-16(17(23-6)21(5)20-12)13-8-7-9-22(13)11-15-19-10-14(24-15)18(2,3)4/h10,13H,7-9,11H2,1-6H3. The molecule has 0 bridgehead atoms. The van der Waals surface area contributed by atoms with Crippen molar-refractivity contribution in [1.29, 1.82) is 0 Å². The summed E-state index contributed by atoms with van der Waals surface area (Å²) in [6, 6.07) is 0.304. The van der Waals surface area contributed by atoms with E-state index in [9.17, 15) is 0 Å². The molecule has 1 unspecified atom stereocenters. The summed E-state index contributed by atoms with van der Waals surface area (Å²) in [4.78, 5) is 6.91. The first kappa shape index (κ1) is 17.0. The Labute approximate surface area is 143 Å². The fourth-order valence-electron chi connectivity index (χ4n) is 3.53. The van der Waals surface area contributed by atoms with Crippen LogP contribution in [0.2, 0.25) is 0 Å². The number of nitrogens with zero attached hydrogens (tertiary/aromatic N) is 4. The smallest absolute Gasteiger partial charge is 0.216 e. The number of oxazole rings is 1. The summed E-state index contributed by atoms with van der Waals surface area (Å²) in [6.07, 6.45) is 4.13. The molecule has 1 aliphatic rings. The van der Waals surface area contributed by atoms with Gasteiger partial charge in [-0.3, -0.25) is 4.90 Å². The minimum atomic E-state index is -0.0151. The highest BCUT2D eigenvalue weighted by molar-refractivity contribution is 5.35. The van der Waals surface area contributed by atoms with Crippen LogP contribution >= 0.6 is 0 Å². The van der Waals surface area contributed by atoms with Gasteiger partial charge < -0.3 is 9.15 Å². The molecule has 0 spiro atoms. The molecule has 0 radical (unpaired) electrons. The molecule has 6 nitrogen and oxygen atoms in total. The maximum Gasteiger partial charge on any atom is 0.216 e. The first-order valence-electron chi connectivity index (χ1n) is 8.58. The average Bonchev–Trinajstić information content (AvgIpc) is 3.18. The fourth-order valence-corrected chi connectivity index (χ4v) is 3.53. The minimum Gasteiger partial charge on any atom is -0.481 e. The molecular weight excluding hydrogens is 304 g/mol. The van der Waals surface area contributed by atoms with Crippen molar-refractivity contribution in [2.75, 3.05) is 13.7 Å². The van der Waals surface area contributed by atoms with Crippen molar-refractivity contribution in [3.05, 3.63) is 29.1 Å². The Balaban J connectivity index is 1.83. The molecule has 3 heterocycles. The van der Waals surface area contributed by atoms with Crippen LogP contribution in [0.4, 0.5) is 0 Å². The Kier molecular flexibility index (Phi) is 4.42.